The minimum absolute atomic E-state index is 0.583. The molecule has 0 fully saturated rings. The van der Waals surface area contributed by atoms with Gasteiger partial charge in [-0.1, -0.05) is 24.3 Å². The van der Waals surface area contributed by atoms with E-state index in [1.54, 1.807) is 30.2 Å². The van der Waals surface area contributed by atoms with Gasteiger partial charge in [0, 0.05) is 0 Å². The van der Waals surface area contributed by atoms with Crippen LogP contribution in [0, 0.1) is 0 Å². The van der Waals surface area contributed by atoms with Gasteiger partial charge in [0.25, 0.3) is 0 Å². The second-order valence-corrected chi connectivity index (χ2v) is 1.66. The van der Waals surface area contributed by atoms with Crippen LogP contribution >= 0.6 is 0 Å². The van der Waals surface area contributed by atoms with E-state index in [1.165, 1.54) is 0 Å². The maximum atomic E-state index is 10.0. The van der Waals surface area contributed by atoms with Gasteiger partial charge in [-0.25, -0.2) is 4.79 Å². The van der Waals surface area contributed by atoms with Gasteiger partial charge in [-0.15, -0.1) is 0 Å². The number of hydrogen-bond donors (Lipinski definition) is 0. The fourth-order valence-corrected chi connectivity index (χ4v) is 0.570. The third kappa shape index (κ3) is 1.56. The molecule has 0 radical (unpaired) electrons. The van der Waals surface area contributed by atoms with Crippen molar-refractivity contribution in [3.63, 3.8) is 0 Å². The lowest BCUT2D eigenvalue weighted by atomic mass is 10.3. The zero-order chi connectivity index (χ0) is 6.53. The van der Waals surface area contributed by atoms with Crippen molar-refractivity contribution in [3.8, 4) is 0 Å². The average molecular weight is 118 g/mol. The van der Waals surface area contributed by atoms with Gasteiger partial charge in [-0.3, -0.25) is 0 Å². The van der Waals surface area contributed by atoms with Crippen molar-refractivity contribution in [3.05, 3.63) is 42.0 Å². The van der Waals surface area contributed by atoms with E-state index in [4.69, 9.17) is 0 Å². The molecule has 1 aliphatic carbocycles. The SMILES string of the molecule is O=C=C1C=CC=CC=C1. The maximum absolute atomic E-state index is 10.0. The first kappa shape index (κ1) is 5.80. The number of carbonyl (C=O) groups excluding carboxylic acids is 1. The van der Waals surface area contributed by atoms with Gasteiger partial charge in [0.05, 0.1) is 5.57 Å². The summed E-state index contributed by atoms with van der Waals surface area (Å²) in [5.41, 5.74) is 0.583. The molecule has 0 aromatic rings. The molecule has 1 rings (SSSR count). The molecular formula is C8H6O. The van der Waals surface area contributed by atoms with E-state index in [-0.39, 0.29) is 0 Å². The molecule has 0 unspecified atom stereocenters. The fourth-order valence-electron chi connectivity index (χ4n) is 0.570. The largest absolute Gasteiger partial charge is 0.233 e. The molecular weight excluding hydrogens is 112 g/mol. The Bertz CT molecular complexity index is 207. The van der Waals surface area contributed by atoms with Gasteiger partial charge in [0.1, 0.15) is 5.94 Å². The van der Waals surface area contributed by atoms with E-state index in [0.29, 0.717) is 5.57 Å². The Morgan fingerprint density at radius 2 is 1.56 bits per heavy atom. The maximum Gasteiger partial charge on any atom is 0.132 e. The molecule has 0 saturated heterocycles. The van der Waals surface area contributed by atoms with E-state index < -0.39 is 0 Å². The van der Waals surface area contributed by atoms with Gasteiger partial charge in [-0.2, -0.15) is 0 Å². The van der Waals surface area contributed by atoms with Crippen molar-refractivity contribution in [2.75, 3.05) is 0 Å². The Morgan fingerprint density at radius 1 is 1.00 bits per heavy atom. The minimum Gasteiger partial charge on any atom is -0.233 e. The van der Waals surface area contributed by atoms with E-state index in [2.05, 4.69) is 0 Å². The molecule has 1 nitrogen and oxygen atoms in total. The van der Waals surface area contributed by atoms with Crippen molar-refractivity contribution >= 4 is 5.94 Å². The molecule has 9 heavy (non-hydrogen) atoms. The lowest BCUT2D eigenvalue weighted by Gasteiger charge is -1.76. The van der Waals surface area contributed by atoms with Crippen LogP contribution in [0.1, 0.15) is 0 Å². The summed E-state index contributed by atoms with van der Waals surface area (Å²) in [6, 6.07) is 0. The summed E-state index contributed by atoms with van der Waals surface area (Å²) in [7, 11) is 0. The quantitative estimate of drug-likeness (QED) is 0.440. The summed E-state index contributed by atoms with van der Waals surface area (Å²) in [6.07, 6.45) is 10.8. The summed E-state index contributed by atoms with van der Waals surface area (Å²) < 4.78 is 0. The third-order valence-corrected chi connectivity index (χ3v) is 1.00. The molecule has 0 saturated carbocycles. The Kier molecular flexibility index (Phi) is 1.84. The molecule has 0 spiro atoms. The smallest absolute Gasteiger partial charge is 0.132 e. The van der Waals surface area contributed by atoms with Crippen molar-refractivity contribution in [1.29, 1.82) is 0 Å². The molecule has 1 heteroatoms. The average Bonchev–Trinajstić information content (AvgIpc) is 2.13. The van der Waals surface area contributed by atoms with Crippen molar-refractivity contribution in [2.24, 2.45) is 0 Å². The highest BCUT2D eigenvalue weighted by molar-refractivity contribution is 5.63. The van der Waals surface area contributed by atoms with Crippen LogP contribution in [0.5, 0.6) is 0 Å². The van der Waals surface area contributed by atoms with Gasteiger partial charge in [0.15, 0.2) is 0 Å². The normalized spacial score (nSPS) is 15.3. The molecule has 0 atom stereocenters. The molecule has 0 aromatic carbocycles. The monoisotopic (exact) mass is 118 g/mol. The van der Waals surface area contributed by atoms with Gasteiger partial charge in [0.2, 0.25) is 0 Å². The van der Waals surface area contributed by atoms with E-state index in [0.717, 1.165) is 0 Å². The molecule has 0 heterocycles. The molecule has 0 amide bonds. The van der Waals surface area contributed by atoms with Crippen LogP contribution in [0.4, 0.5) is 0 Å². The predicted molar refractivity (Wildman–Crippen MR) is 36.6 cm³/mol. The molecule has 44 valence electrons. The fraction of sp³-hybridized carbons (Fsp3) is 0. The molecule has 0 bridgehead atoms. The molecule has 0 aliphatic heterocycles. The number of rotatable bonds is 0. The predicted octanol–water partition coefficient (Wildman–Crippen LogP) is 1.43. The standard InChI is InChI=1S/C8H6O/c9-7-8-5-3-1-2-4-6-8/h1-6H. The summed E-state index contributed by atoms with van der Waals surface area (Å²) in [6.45, 7) is 0. The van der Waals surface area contributed by atoms with Crippen LogP contribution < -0.4 is 0 Å². The Balaban J connectivity index is 2.95. The minimum atomic E-state index is 0.583. The van der Waals surface area contributed by atoms with Crippen LogP contribution in [-0.4, -0.2) is 5.94 Å². The lowest BCUT2D eigenvalue weighted by molar-refractivity contribution is 0.568. The highest BCUT2D eigenvalue weighted by atomic mass is 16.1. The van der Waals surface area contributed by atoms with Crippen molar-refractivity contribution in [1.82, 2.24) is 0 Å². The molecule has 0 N–H and O–H groups in total. The Labute approximate surface area is 53.7 Å². The number of allylic oxidation sites excluding steroid dienone is 7. The third-order valence-electron chi connectivity index (χ3n) is 1.00. The van der Waals surface area contributed by atoms with Crippen molar-refractivity contribution < 1.29 is 4.79 Å². The van der Waals surface area contributed by atoms with Crippen LogP contribution in [0.15, 0.2) is 42.0 Å². The first-order chi connectivity index (χ1) is 4.43. The Hall–Kier alpha value is -1.33. The highest BCUT2D eigenvalue weighted by Gasteiger charge is 1.84. The van der Waals surface area contributed by atoms with Gasteiger partial charge in [-0.05, 0) is 12.2 Å². The summed E-state index contributed by atoms with van der Waals surface area (Å²) >= 11 is 0. The summed E-state index contributed by atoms with van der Waals surface area (Å²) in [5, 5.41) is 0. The van der Waals surface area contributed by atoms with Gasteiger partial charge >= 0.3 is 0 Å². The van der Waals surface area contributed by atoms with E-state index >= 15 is 0 Å². The molecule has 0 aromatic heterocycles. The number of hydrogen-bond acceptors (Lipinski definition) is 1. The van der Waals surface area contributed by atoms with Crippen LogP contribution in [0.3, 0.4) is 0 Å². The highest BCUT2D eigenvalue weighted by Crippen LogP contribution is 1.98. The first-order valence-electron chi connectivity index (χ1n) is 2.70. The van der Waals surface area contributed by atoms with E-state index in [9.17, 15) is 4.79 Å². The lowest BCUT2D eigenvalue weighted by Crippen LogP contribution is -1.67. The van der Waals surface area contributed by atoms with Gasteiger partial charge < -0.3 is 0 Å². The molecule has 1 aliphatic rings. The first-order valence-corrected chi connectivity index (χ1v) is 2.70. The van der Waals surface area contributed by atoms with E-state index in [1.807, 2.05) is 12.2 Å². The topological polar surface area (TPSA) is 17.1 Å². The Morgan fingerprint density at radius 3 is 2.00 bits per heavy atom. The van der Waals surface area contributed by atoms with Crippen LogP contribution in [0.2, 0.25) is 0 Å². The van der Waals surface area contributed by atoms with Crippen LogP contribution in [-0.2, 0) is 4.79 Å². The zero-order valence-corrected chi connectivity index (χ0v) is 4.87. The summed E-state index contributed by atoms with van der Waals surface area (Å²) in [4.78, 5) is 10.0. The zero-order valence-electron chi connectivity index (χ0n) is 4.87. The van der Waals surface area contributed by atoms with Crippen LogP contribution in [0.25, 0.3) is 0 Å². The van der Waals surface area contributed by atoms with Crippen molar-refractivity contribution in [2.45, 2.75) is 0 Å². The summed E-state index contributed by atoms with van der Waals surface area (Å²) in [5.74, 6) is 1.80. The second-order valence-electron chi connectivity index (χ2n) is 1.66. The second kappa shape index (κ2) is 2.85.